The number of aliphatic carboxylic acids is 1. The normalized spacial score (nSPS) is 14.6. The van der Waals surface area contributed by atoms with Crippen LogP contribution in [0.15, 0.2) is 35.1 Å². The summed E-state index contributed by atoms with van der Waals surface area (Å²) in [7, 11) is 1.38. The van der Waals surface area contributed by atoms with Crippen molar-refractivity contribution < 1.29 is 28.2 Å². The molecule has 33 heavy (non-hydrogen) atoms. The highest BCUT2D eigenvalue weighted by molar-refractivity contribution is 5.99. The summed E-state index contributed by atoms with van der Waals surface area (Å²) in [6, 6.07) is 6.77. The maximum Gasteiger partial charge on any atom is 0.339 e. The molecule has 1 aliphatic rings. The van der Waals surface area contributed by atoms with Crippen LogP contribution in [0, 0.1) is 11.6 Å². The second kappa shape index (κ2) is 8.26. The van der Waals surface area contributed by atoms with E-state index in [2.05, 4.69) is 0 Å². The van der Waals surface area contributed by atoms with Crippen LogP contribution in [0.4, 0.5) is 8.78 Å². The van der Waals surface area contributed by atoms with Gasteiger partial charge in [-0.3, -0.25) is 4.79 Å². The number of aryl methyl sites for hydroxylation is 1. The van der Waals surface area contributed by atoms with Gasteiger partial charge in [-0.05, 0) is 57.4 Å². The highest BCUT2D eigenvalue weighted by atomic mass is 19.1. The number of carbonyl (C=O) groups is 1. The minimum Gasteiger partial charge on any atom is -0.493 e. The van der Waals surface area contributed by atoms with Gasteiger partial charge in [0.15, 0.2) is 6.10 Å². The molecule has 0 amide bonds. The summed E-state index contributed by atoms with van der Waals surface area (Å²) in [5, 5.41) is 9.91. The number of nitrogens with zero attached hydrogens (tertiary/aromatic N) is 1. The van der Waals surface area contributed by atoms with E-state index in [1.54, 1.807) is 26.8 Å². The van der Waals surface area contributed by atoms with E-state index in [0.717, 1.165) is 22.6 Å². The second-order valence-corrected chi connectivity index (χ2v) is 9.13. The third-order valence-corrected chi connectivity index (χ3v) is 5.63. The number of hydrogen-bond acceptors (Lipinski definition) is 4. The predicted octanol–water partition coefficient (Wildman–Crippen LogP) is 4.75. The van der Waals surface area contributed by atoms with Crippen LogP contribution in [0.25, 0.3) is 21.9 Å². The average Bonchev–Trinajstić information content (AvgIpc) is 2.74. The summed E-state index contributed by atoms with van der Waals surface area (Å²) in [6.45, 7) is 5.46. The molecule has 174 valence electrons. The molecular weight excluding hydrogens is 432 g/mol. The van der Waals surface area contributed by atoms with Crippen molar-refractivity contribution in [3.8, 4) is 16.9 Å². The van der Waals surface area contributed by atoms with E-state index in [1.807, 2.05) is 0 Å². The van der Waals surface area contributed by atoms with Gasteiger partial charge >= 0.3 is 5.97 Å². The summed E-state index contributed by atoms with van der Waals surface area (Å²) in [4.78, 5) is 25.4. The fourth-order valence-electron chi connectivity index (χ4n) is 4.26. The van der Waals surface area contributed by atoms with Crippen molar-refractivity contribution in [3.63, 3.8) is 0 Å². The lowest BCUT2D eigenvalue weighted by Gasteiger charge is -2.29. The minimum atomic E-state index is -1.65. The van der Waals surface area contributed by atoms with Crippen LogP contribution in [-0.2, 0) is 23.0 Å². The average molecular weight is 457 g/mol. The van der Waals surface area contributed by atoms with Crippen molar-refractivity contribution in [1.82, 2.24) is 4.57 Å². The molecule has 2 aromatic carbocycles. The topological polar surface area (TPSA) is 77.8 Å². The first-order valence-electron chi connectivity index (χ1n) is 10.7. The Balaban J connectivity index is 2.17. The number of carboxylic acid groups (broad SMARTS) is 1. The molecule has 4 rings (SSSR count). The molecule has 0 bridgehead atoms. The van der Waals surface area contributed by atoms with Gasteiger partial charge in [-0.2, -0.15) is 0 Å². The zero-order chi connectivity index (χ0) is 24.1. The first-order chi connectivity index (χ1) is 15.5. The van der Waals surface area contributed by atoms with Crippen LogP contribution < -0.4 is 10.3 Å². The lowest BCUT2D eigenvalue weighted by molar-refractivity contribution is -0.161. The van der Waals surface area contributed by atoms with Crippen molar-refractivity contribution in [3.05, 3.63) is 63.6 Å². The Kier molecular flexibility index (Phi) is 5.74. The Morgan fingerprint density at radius 1 is 1.21 bits per heavy atom. The lowest BCUT2D eigenvalue weighted by Crippen LogP contribution is -2.33. The molecule has 0 unspecified atom stereocenters. The van der Waals surface area contributed by atoms with E-state index in [-0.39, 0.29) is 27.6 Å². The third-order valence-electron chi connectivity index (χ3n) is 5.63. The van der Waals surface area contributed by atoms with Gasteiger partial charge < -0.3 is 19.1 Å². The molecule has 0 fully saturated rings. The molecule has 8 heteroatoms. The van der Waals surface area contributed by atoms with Crippen molar-refractivity contribution in [2.24, 2.45) is 7.05 Å². The Hall–Kier alpha value is -3.26. The van der Waals surface area contributed by atoms with Gasteiger partial charge in [0.2, 0.25) is 0 Å². The van der Waals surface area contributed by atoms with Crippen LogP contribution in [0.2, 0.25) is 0 Å². The first kappa shape index (κ1) is 22.9. The van der Waals surface area contributed by atoms with Gasteiger partial charge in [0.25, 0.3) is 5.56 Å². The monoisotopic (exact) mass is 457 g/mol. The van der Waals surface area contributed by atoms with E-state index in [4.69, 9.17) is 9.47 Å². The van der Waals surface area contributed by atoms with Gasteiger partial charge in [0.05, 0.1) is 23.3 Å². The van der Waals surface area contributed by atoms with Crippen LogP contribution in [0.1, 0.15) is 44.6 Å². The van der Waals surface area contributed by atoms with Crippen molar-refractivity contribution in [1.29, 1.82) is 0 Å². The Labute approximate surface area is 189 Å². The van der Waals surface area contributed by atoms with Crippen molar-refractivity contribution in [2.45, 2.75) is 45.3 Å². The van der Waals surface area contributed by atoms with E-state index < -0.39 is 34.9 Å². The Morgan fingerprint density at radius 2 is 1.94 bits per heavy atom. The van der Waals surface area contributed by atoms with Crippen LogP contribution >= 0.6 is 0 Å². The fourth-order valence-corrected chi connectivity index (χ4v) is 4.26. The standard InChI is InChI=1S/C25H25F2NO5/c1-25(2,3)33-22(24(30)31)21-20(15-11-13-7-6-10-32-18(13)12-17(15)27)19-14(23(29)28(21)4)8-5-9-16(19)26/h5,8-9,11-12,22H,6-7,10H2,1-4H3,(H,30,31)/t22-/m1/s1. The number of rotatable bonds is 4. The molecule has 0 saturated heterocycles. The summed E-state index contributed by atoms with van der Waals surface area (Å²) in [5.74, 6) is -2.44. The highest BCUT2D eigenvalue weighted by Gasteiger charge is 2.34. The van der Waals surface area contributed by atoms with E-state index in [9.17, 15) is 14.7 Å². The van der Waals surface area contributed by atoms with Crippen molar-refractivity contribution in [2.75, 3.05) is 6.61 Å². The number of aromatic nitrogens is 1. The maximum absolute atomic E-state index is 15.5. The maximum atomic E-state index is 15.5. The van der Waals surface area contributed by atoms with E-state index in [1.165, 1.54) is 25.2 Å². The van der Waals surface area contributed by atoms with Crippen molar-refractivity contribution >= 4 is 16.7 Å². The third kappa shape index (κ3) is 4.11. The van der Waals surface area contributed by atoms with E-state index in [0.29, 0.717) is 18.8 Å². The molecule has 1 aromatic heterocycles. The number of pyridine rings is 1. The summed E-state index contributed by atoms with van der Waals surface area (Å²) in [6.07, 6.45) is -0.281. The lowest BCUT2D eigenvalue weighted by atomic mass is 9.91. The molecule has 0 saturated carbocycles. The summed E-state index contributed by atoms with van der Waals surface area (Å²) >= 11 is 0. The van der Waals surface area contributed by atoms with E-state index >= 15 is 8.78 Å². The quantitative estimate of drug-likeness (QED) is 0.612. The Bertz CT molecular complexity index is 1320. The minimum absolute atomic E-state index is 0.0105. The number of fused-ring (bicyclic) bond motifs is 2. The molecule has 0 aliphatic carbocycles. The second-order valence-electron chi connectivity index (χ2n) is 9.13. The molecule has 1 aliphatic heterocycles. The highest BCUT2D eigenvalue weighted by Crippen LogP contribution is 2.41. The van der Waals surface area contributed by atoms with Gasteiger partial charge in [-0.1, -0.05) is 6.07 Å². The fraction of sp³-hybridized carbons (Fsp3) is 0.360. The van der Waals surface area contributed by atoms with Gasteiger partial charge in [0.1, 0.15) is 17.4 Å². The van der Waals surface area contributed by atoms with Crippen LogP contribution in [0.3, 0.4) is 0 Å². The number of ether oxygens (including phenoxy) is 2. The summed E-state index contributed by atoms with van der Waals surface area (Å²) in [5.41, 5.74) is -0.950. The zero-order valence-electron chi connectivity index (χ0n) is 18.9. The molecule has 6 nitrogen and oxygen atoms in total. The van der Waals surface area contributed by atoms with Crippen LogP contribution in [0.5, 0.6) is 5.75 Å². The molecule has 2 heterocycles. The molecule has 0 spiro atoms. The largest absolute Gasteiger partial charge is 0.493 e. The molecule has 1 atom stereocenters. The Morgan fingerprint density at radius 3 is 2.61 bits per heavy atom. The smallest absolute Gasteiger partial charge is 0.339 e. The summed E-state index contributed by atoms with van der Waals surface area (Å²) < 4.78 is 43.1. The number of halogens is 2. The SMILES string of the molecule is Cn1c([C@@H](OC(C)(C)C)C(=O)O)c(-c2cc3c(cc2F)OCCC3)c2c(F)cccc2c1=O. The van der Waals surface area contributed by atoms with Gasteiger partial charge in [-0.25, -0.2) is 13.6 Å². The van der Waals surface area contributed by atoms with Gasteiger partial charge in [-0.15, -0.1) is 0 Å². The molecule has 3 aromatic rings. The number of hydrogen-bond donors (Lipinski definition) is 1. The molecular formula is C25H25F2NO5. The van der Waals surface area contributed by atoms with Crippen LogP contribution in [-0.4, -0.2) is 27.9 Å². The molecule has 1 N–H and O–H groups in total. The molecule has 0 radical (unpaired) electrons. The predicted molar refractivity (Wildman–Crippen MR) is 120 cm³/mol. The number of carboxylic acids is 1. The first-order valence-corrected chi connectivity index (χ1v) is 10.7. The number of benzene rings is 2. The van der Waals surface area contributed by atoms with Gasteiger partial charge in [0, 0.05) is 29.6 Å². The zero-order valence-corrected chi connectivity index (χ0v) is 18.9.